The van der Waals surface area contributed by atoms with E-state index in [1.165, 1.54) is 0 Å². The van der Waals surface area contributed by atoms with Crippen molar-refractivity contribution in [3.63, 3.8) is 0 Å². The molecule has 1 saturated heterocycles. The third kappa shape index (κ3) is 2.34. The Morgan fingerprint density at radius 2 is 2.11 bits per heavy atom. The van der Waals surface area contributed by atoms with E-state index in [0.717, 1.165) is 25.2 Å². The van der Waals surface area contributed by atoms with Gasteiger partial charge in [-0.1, -0.05) is 6.07 Å². The molecule has 0 aromatic heterocycles. The lowest BCUT2D eigenvalue weighted by Gasteiger charge is -2.24. The van der Waals surface area contributed by atoms with Gasteiger partial charge in [-0.25, -0.2) is 0 Å². The number of ether oxygens (including phenoxy) is 1. The zero-order valence-electron chi connectivity index (χ0n) is 10.8. The van der Waals surface area contributed by atoms with Gasteiger partial charge in [0.2, 0.25) is 5.91 Å². The Morgan fingerprint density at radius 1 is 1.33 bits per heavy atom. The molecule has 1 fully saturated rings. The first-order chi connectivity index (χ1) is 8.63. The van der Waals surface area contributed by atoms with Crippen LogP contribution in [-0.4, -0.2) is 44.6 Å². The van der Waals surface area contributed by atoms with E-state index in [1.54, 1.807) is 12.0 Å². The van der Waals surface area contributed by atoms with Crippen molar-refractivity contribution in [3.8, 4) is 5.75 Å². The molecule has 0 bridgehead atoms. The molecule has 0 atom stereocenters. The van der Waals surface area contributed by atoms with E-state index < -0.39 is 0 Å². The van der Waals surface area contributed by atoms with E-state index in [-0.39, 0.29) is 5.91 Å². The monoisotopic (exact) mass is 249 g/mol. The summed E-state index contributed by atoms with van der Waals surface area (Å²) >= 11 is 0. The second-order valence-electron chi connectivity index (χ2n) is 4.48. The van der Waals surface area contributed by atoms with Crippen LogP contribution < -0.4 is 15.4 Å². The highest BCUT2D eigenvalue weighted by Crippen LogP contribution is 2.32. The van der Waals surface area contributed by atoms with Crippen LogP contribution in [0.1, 0.15) is 6.42 Å². The molecule has 2 N–H and O–H groups in total. The van der Waals surface area contributed by atoms with Gasteiger partial charge in [0.05, 0.1) is 25.0 Å². The van der Waals surface area contributed by atoms with Crippen molar-refractivity contribution < 1.29 is 9.53 Å². The van der Waals surface area contributed by atoms with E-state index in [2.05, 4.69) is 0 Å². The number of nitrogens with two attached hydrogens (primary N) is 1. The second-order valence-corrected chi connectivity index (χ2v) is 4.48. The molecule has 1 aromatic rings. The molecule has 1 heterocycles. The number of amides is 1. The lowest BCUT2D eigenvalue weighted by molar-refractivity contribution is -0.127. The van der Waals surface area contributed by atoms with E-state index in [1.807, 2.05) is 30.1 Å². The molecule has 98 valence electrons. The first kappa shape index (κ1) is 12.5. The molecule has 0 unspecified atom stereocenters. The highest BCUT2D eigenvalue weighted by atomic mass is 16.5. The van der Waals surface area contributed by atoms with Crippen LogP contribution in [0.25, 0.3) is 0 Å². The van der Waals surface area contributed by atoms with E-state index in [0.29, 0.717) is 18.0 Å². The maximum Gasteiger partial charge on any atom is 0.241 e. The molecule has 2 rings (SSSR count). The van der Waals surface area contributed by atoms with Crippen molar-refractivity contribution in [1.29, 1.82) is 0 Å². The van der Waals surface area contributed by atoms with Gasteiger partial charge in [-0.05, 0) is 18.6 Å². The van der Waals surface area contributed by atoms with Crippen LogP contribution in [-0.2, 0) is 4.79 Å². The molecule has 1 aromatic carbocycles. The number of hydrogen-bond acceptors (Lipinski definition) is 4. The van der Waals surface area contributed by atoms with Crippen LogP contribution in [0.2, 0.25) is 0 Å². The third-order valence-corrected chi connectivity index (χ3v) is 3.28. The Morgan fingerprint density at radius 3 is 2.83 bits per heavy atom. The van der Waals surface area contributed by atoms with E-state index in [4.69, 9.17) is 10.5 Å². The first-order valence-electron chi connectivity index (χ1n) is 6.05. The highest BCUT2D eigenvalue weighted by molar-refractivity contribution is 5.84. The average Bonchev–Trinajstić information content (AvgIpc) is 2.52. The molecule has 5 heteroatoms. The number of likely N-dealkylation sites (N-methyl/N-ethyl adjacent to an activating group) is 1. The molecule has 1 aliphatic rings. The summed E-state index contributed by atoms with van der Waals surface area (Å²) in [6.45, 7) is 1.99. The Labute approximate surface area is 107 Å². The maximum atomic E-state index is 11.9. The molecule has 1 amide bonds. The number of nitrogen functional groups attached to an aromatic ring is 1. The molecule has 0 aliphatic carbocycles. The Hall–Kier alpha value is -1.91. The van der Waals surface area contributed by atoms with Gasteiger partial charge < -0.3 is 20.3 Å². The molecule has 0 saturated carbocycles. The van der Waals surface area contributed by atoms with Gasteiger partial charge in [0.25, 0.3) is 0 Å². The fourth-order valence-electron chi connectivity index (χ4n) is 2.18. The fraction of sp³-hybridized carbons (Fsp3) is 0.462. The molecule has 0 spiro atoms. The number of methoxy groups -OCH3 is 1. The van der Waals surface area contributed by atoms with Crippen molar-refractivity contribution >= 4 is 17.3 Å². The second kappa shape index (κ2) is 5.16. The molecule has 0 radical (unpaired) electrons. The summed E-state index contributed by atoms with van der Waals surface area (Å²) < 4.78 is 5.21. The predicted octanol–water partition coefficient (Wildman–Crippen LogP) is 0.946. The topological polar surface area (TPSA) is 58.8 Å². The van der Waals surface area contributed by atoms with Gasteiger partial charge in [-0.2, -0.15) is 0 Å². The van der Waals surface area contributed by atoms with Gasteiger partial charge in [-0.3, -0.25) is 4.79 Å². The zero-order chi connectivity index (χ0) is 13.1. The van der Waals surface area contributed by atoms with Crippen LogP contribution in [0.15, 0.2) is 18.2 Å². The summed E-state index contributed by atoms with van der Waals surface area (Å²) in [6.07, 6.45) is 0.943. The minimum absolute atomic E-state index is 0.120. The molecule has 5 nitrogen and oxygen atoms in total. The van der Waals surface area contributed by atoms with Gasteiger partial charge in [0.1, 0.15) is 5.75 Å². The number of hydrogen-bond donors (Lipinski definition) is 1. The number of nitrogens with zero attached hydrogens (tertiary/aromatic N) is 2. The maximum absolute atomic E-state index is 11.9. The summed E-state index contributed by atoms with van der Waals surface area (Å²) in [4.78, 5) is 15.7. The van der Waals surface area contributed by atoms with Crippen molar-refractivity contribution in [2.75, 3.05) is 44.4 Å². The number of benzene rings is 1. The first-order valence-corrected chi connectivity index (χ1v) is 6.05. The highest BCUT2D eigenvalue weighted by Gasteiger charge is 2.21. The SMILES string of the molecule is COc1cccc(N2CCCN(C)C(=O)C2)c1N. The van der Waals surface area contributed by atoms with Crippen LogP contribution in [0, 0.1) is 0 Å². The van der Waals surface area contributed by atoms with Gasteiger partial charge in [0, 0.05) is 20.1 Å². The van der Waals surface area contributed by atoms with Crippen molar-refractivity contribution in [3.05, 3.63) is 18.2 Å². The summed E-state index contributed by atoms with van der Waals surface area (Å²) in [5.74, 6) is 0.771. The van der Waals surface area contributed by atoms with Crippen LogP contribution >= 0.6 is 0 Å². The smallest absolute Gasteiger partial charge is 0.241 e. The lowest BCUT2D eigenvalue weighted by Crippen LogP contribution is -2.34. The largest absolute Gasteiger partial charge is 0.495 e. The number of rotatable bonds is 2. The molecular weight excluding hydrogens is 230 g/mol. The summed E-state index contributed by atoms with van der Waals surface area (Å²) in [5.41, 5.74) is 7.53. The predicted molar refractivity (Wildman–Crippen MR) is 71.9 cm³/mol. The number of para-hydroxylation sites is 1. The van der Waals surface area contributed by atoms with Crippen LogP contribution in [0.5, 0.6) is 5.75 Å². The number of anilines is 2. The van der Waals surface area contributed by atoms with Gasteiger partial charge in [-0.15, -0.1) is 0 Å². The molecule has 1 aliphatic heterocycles. The summed E-state index contributed by atoms with van der Waals surface area (Å²) in [7, 11) is 3.43. The van der Waals surface area contributed by atoms with Crippen molar-refractivity contribution in [2.24, 2.45) is 0 Å². The lowest BCUT2D eigenvalue weighted by atomic mass is 10.2. The normalized spacial score (nSPS) is 16.7. The van der Waals surface area contributed by atoms with Crippen LogP contribution in [0.3, 0.4) is 0 Å². The Bertz CT molecular complexity index is 448. The summed E-state index contributed by atoms with van der Waals surface area (Å²) in [6, 6.07) is 5.64. The van der Waals surface area contributed by atoms with Crippen molar-refractivity contribution in [1.82, 2.24) is 4.90 Å². The number of carbonyl (C=O) groups is 1. The quantitative estimate of drug-likeness (QED) is 0.793. The fourth-order valence-corrected chi connectivity index (χ4v) is 2.18. The average molecular weight is 249 g/mol. The zero-order valence-corrected chi connectivity index (χ0v) is 10.8. The molecule has 18 heavy (non-hydrogen) atoms. The summed E-state index contributed by atoms with van der Waals surface area (Å²) in [5, 5.41) is 0. The van der Waals surface area contributed by atoms with Crippen LogP contribution in [0.4, 0.5) is 11.4 Å². The van der Waals surface area contributed by atoms with Gasteiger partial charge in [0.15, 0.2) is 0 Å². The van der Waals surface area contributed by atoms with Crippen molar-refractivity contribution in [2.45, 2.75) is 6.42 Å². The standard InChI is InChI=1S/C13H19N3O2/c1-15-7-4-8-16(9-12(15)17)10-5-3-6-11(18-2)13(10)14/h3,5-6H,4,7-9,14H2,1-2H3. The number of carbonyl (C=O) groups excluding carboxylic acids is 1. The minimum Gasteiger partial charge on any atom is -0.495 e. The third-order valence-electron chi connectivity index (χ3n) is 3.28. The Kier molecular flexibility index (Phi) is 3.60. The van der Waals surface area contributed by atoms with E-state index in [9.17, 15) is 4.79 Å². The van der Waals surface area contributed by atoms with E-state index >= 15 is 0 Å². The van der Waals surface area contributed by atoms with Gasteiger partial charge >= 0.3 is 0 Å². The Balaban J connectivity index is 2.28. The minimum atomic E-state index is 0.120. The molecular formula is C13H19N3O2.